The van der Waals surface area contributed by atoms with Crippen LogP contribution in [-0.4, -0.2) is 34.0 Å². The van der Waals surface area contributed by atoms with Gasteiger partial charge in [-0.05, 0) is 32.1 Å². The molecule has 1 saturated carbocycles. The summed E-state index contributed by atoms with van der Waals surface area (Å²) in [6, 6.07) is 0. The molecule has 0 aromatic rings. The van der Waals surface area contributed by atoms with Crippen LogP contribution in [0.5, 0.6) is 0 Å². The fraction of sp³-hybridized carbons (Fsp3) is 0.800. The molecule has 0 aliphatic heterocycles. The van der Waals surface area contributed by atoms with Crippen molar-refractivity contribution >= 4 is 18.0 Å². The van der Waals surface area contributed by atoms with Crippen LogP contribution in [0.1, 0.15) is 46.5 Å². The van der Waals surface area contributed by atoms with Crippen molar-refractivity contribution in [2.45, 2.75) is 52.1 Å². The summed E-state index contributed by atoms with van der Waals surface area (Å²) in [5, 5.41) is 18.6. The Morgan fingerprint density at radius 3 is 2.48 bits per heavy atom. The third-order valence-corrected chi connectivity index (χ3v) is 4.92. The van der Waals surface area contributed by atoms with Crippen molar-refractivity contribution in [1.82, 2.24) is 0 Å². The van der Waals surface area contributed by atoms with Crippen LogP contribution >= 0.6 is 0 Å². The molecule has 0 saturated heterocycles. The summed E-state index contributed by atoms with van der Waals surface area (Å²) < 4.78 is 0. The number of carbonyl (C=O) groups excluding carboxylic acids is 2. The highest BCUT2D eigenvalue weighted by atomic mass is 17.1. The zero-order valence-corrected chi connectivity index (χ0v) is 12.7. The van der Waals surface area contributed by atoms with Crippen LogP contribution in [0.4, 0.5) is 0 Å². The monoisotopic (exact) mass is 300 g/mol. The summed E-state index contributed by atoms with van der Waals surface area (Å²) in [6.07, 6.45) is 2.44. The number of carbonyl (C=O) groups is 3. The molecule has 0 aromatic heterocycles. The lowest BCUT2D eigenvalue weighted by molar-refractivity contribution is -0.347. The Kier molecular flexibility index (Phi) is 6.04. The molecule has 5 atom stereocenters. The molecule has 1 aliphatic rings. The largest absolute Gasteiger partial charge is 0.481 e. The smallest absolute Gasteiger partial charge is 0.306 e. The Bertz CT molecular complexity index is 407. The molecular weight excluding hydrogens is 276 g/mol. The molecule has 0 bridgehead atoms. The van der Waals surface area contributed by atoms with Gasteiger partial charge in [0, 0.05) is 18.3 Å². The van der Waals surface area contributed by atoms with Gasteiger partial charge in [0.05, 0.1) is 5.92 Å². The normalized spacial score (nSPS) is 34.2. The third kappa shape index (κ3) is 3.49. The minimum atomic E-state index is -1.55. The minimum Gasteiger partial charge on any atom is -0.481 e. The van der Waals surface area contributed by atoms with E-state index in [9.17, 15) is 24.7 Å². The van der Waals surface area contributed by atoms with Gasteiger partial charge in [0.1, 0.15) is 5.78 Å². The second kappa shape index (κ2) is 7.13. The van der Waals surface area contributed by atoms with Gasteiger partial charge in [-0.2, -0.15) is 0 Å². The molecule has 21 heavy (non-hydrogen) atoms. The van der Waals surface area contributed by atoms with Crippen molar-refractivity contribution < 1.29 is 29.6 Å². The van der Waals surface area contributed by atoms with E-state index in [0.717, 1.165) is 6.42 Å². The molecule has 0 unspecified atom stereocenters. The quantitative estimate of drug-likeness (QED) is 0.424. The number of aliphatic carboxylic acids is 1. The van der Waals surface area contributed by atoms with E-state index >= 15 is 0 Å². The summed E-state index contributed by atoms with van der Waals surface area (Å²) in [4.78, 5) is 38.8. The van der Waals surface area contributed by atoms with Crippen molar-refractivity contribution in [2.75, 3.05) is 0 Å². The molecule has 1 aliphatic carbocycles. The number of hydrogen-bond donors (Lipinski definition) is 2. The van der Waals surface area contributed by atoms with Crippen LogP contribution in [0.2, 0.25) is 0 Å². The molecule has 0 heterocycles. The average Bonchev–Trinajstić information content (AvgIpc) is 2.44. The second-order valence-electron chi connectivity index (χ2n) is 6.20. The summed E-state index contributed by atoms with van der Waals surface area (Å²) in [5.41, 5.74) is -1.55. The van der Waals surface area contributed by atoms with Gasteiger partial charge in [-0.25, -0.2) is 4.89 Å². The van der Waals surface area contributed by atoms with E-state index in [1.54, 1.807) is 0 Å². The van der Waals surface area contributed by atoms with Crippen LogP contribution in [0.3, 0.4) is 0 Å². The van der Waals surface area contributed by atoms with Crippen molar-refractivity contribution in [1.29, 1.82) is 0 Å². The topological polar surface area (TPSA) is 101 Å². The first-order chi connectivity index (χ1) is 9.80. The maximum atomic E-state index is 11.7. The number of carboxylic acid groups (broad SMARTS) is 1. The molecule has 0 aromatic carbocycles. The van der Waals surface area contributed by atoms with Crippen molar-refractivity contribution in [3.05, 3.63) is 0 Å². The molecular formula is C15H24O6. The highest BCUT2D eigenvalue weighted by Crippen LogP contribution is 2.47. The minimum absolute atomic E-state index is 0.00616. The third-order valence-electron chi connectivity index (χ3n) is 4.92. The standard InChI is InChI=1S/C15H24O6/c1-9-4-6-13(11(3)14(18)19)15(8-16,21-20)12(9)7-5-10(2)17/h8-9,11-13,20H,4-7H2,1-3H3,(H,18,19)/t9-,11+,12+,13+,15-/m1/s1. The molecule has 1 rings (SSSR count). The zero-order chi connectivity index (χ0) is 16.2. The van der Waals surface area contributed by atoms with Gasteiger partial charge in [0.25, 0.3) is 0 Å². The summed E-state index contributed by atoms with van der Waals surface area (Å²) in [7, 11) is 0. The van der Waals surface area contributed by atoms with Crippen LogP contribution in [-0.2, 0) is 19.3 Å². The van der Waals surface area contributed by atoms with E-state index in [1.807, 2.05) is 6.92 Å². The molecule has 6 nitrogen and oxygen atoms in total. The number of aldehydes is 1. The number of carboxylic acids is 1. The Morgan fingerprint density at radius 1 is 1.43 bits per heavy atom. The molecule has 0 radical (unpaired) electrons. The summed E-state index contributed by atoms with van der Waals surface area (Å²) in [5.74, 6) is -2.75. The Morgan fingerprint density at radius 2 is 2.05 bits per heavy atom. The van der Waals surface area contributed by atoms with Crippen LogP contribution in [0.25, 0.3) is 0 Å². The highest BCUT2D eigenvalue weighted by molar-refractivity contribution is 5.76. The van der Waals surface area contributed by atoms with Gasteiger partial charge in [0.15, 0.2) is 11.9 Å². The molecule has 6 heteroatoms. The molecule has 1 fully saturated rings. The van der Waals surface area contributed by atoms with E-state index in [0.29, 0.717) is 19.1 Å². The molecule has 120 valence electrons. The van der Waals surface area contributed by atoms with Gasteiger partial charge in [-0.1, -0.05) is 13.8 Å². The Labute approximate surface area is 124 Å². The van der Waals surface area contributed by atoms with E-state index in [2.05, 4.69) is 4.89 Å². The van der Waals surface area contributed by atoms with Crippen molar-refractivity contribution in [2.24, 2.45) is 23.7 Å². The predicted octanol–water partition coefficient (Wildman–Crippen LogP) is 2.17. The first-order valence-electron chi connectivity index (χ1n) is 7.31. The van der Waals surface area contributed by atoms with Crippen LogP contribution in [0, 0.1) is 23.7 Å². The highest BCUT2D eigenvalue weighted by Gasteiger charge is 2.55. The van der Waals surface area contributed by atoms with Gasteiger partial charge in [0.2, 0.25) is 0 Å². The second-order valence-corrected chi connectivity index (χ2v) is 6.20. The zero-order valence-electron chi connectivity index (χ0n) is 12.7. The van der Waals surface area contributed by atoms with Gasteiger partial charge in [-0.3, -0.25) is 14.8 Å². The lowest BCUT2D eigenvalue weighted by atomic mass is 9.60. The van der Waals surface area contributed by atoms with E-state index in [4.69, 9.17) is 0 Å². The van der Waals surface area contributed by atoms with E-state index in [1.165, 1.54) is 13.8 Å². The summed E-state index contributed by atoms with van der Waals surface area (Å²) >= 11 is 0. The lowest BCUT2D eigenvalue weighted by Gasteiger charge is -2.48. The molecule has 2 N–H and O–H groups in total. The maximum Gasteiger partial charge on any atom is 0.306 e. The van der Waals surface area contributed by atoms with Gasteiger partial charge < -0.3 is 9.90 Å². The van der Waals surface area contributed by atoms with Crippen molar-refractivity contribution in [3.8, 4) is 0 Å². The fourth-order valence-corrected chi connectivity index (χ4v) is 3.60. The SMILES string of the molecule is CC(=O)CC[C@H]1[C@H](C)CC[C@@H]([C@H](C)C(=O)O)[C@]1(C=O)OO. The first-order valence-corrected chi connectivity index (χ1v) is 7.31. The van der Waals surface area contributed by atoms with Crippen LogP contribution < -0.4 is 0 Å². The summed E-state index contributed by atoms with van der Waals surface area (Å²) in [6.45, 7) is 4.92. The predicted molar refractivity (Wildman–Crippen MR) is 74.6 cm³/mol. The van der Waals surface area contributed by atoms with E-state index < -0.39 is 23.4 Å². The molecule has 0 amide bonds. The Balaban J connectivity index is 3.14. The lowest BCUT2D eigenvalue weighted by Crippen LogP contribution is -2.56. The Hall–Kier alpha value is -1.27. The van der Waals surface area contributed by atoms with Crippen LogP contribution in [0.15, 0.2) is 0 Å². The van der Waals surface area contributed by atoms with Gasteiger partial charge in [-0.15, -0.1) is 0 Å². The molecule has 0 spiro atoms. The fourth-order valence-electron chi connectivity index (χ4n) is 3.60. The van der Waals surface area contributed by atoms with Gasteiger partial charge >= 0.3 is 5.97 Å². The average molecular weight is 300 g/mol. The first kappa shape index (κ1) is 17.8. The number of rotatable bonds is 7. The maximum absolute atomic E-state index is 11.7. The number of ketones is 1. The number of Topliss-reactive ketones (excluding diaryl/α,β-unsaturated/α-hetero) is 1. The number of hydrogen-bond acceptors (Lipinski definition) is 5. The van der Waals surface area contributed by atoms with Crippen molar-refractivity contribution in [3.63, 3.8) is 0 Å². The van der Waals surface area contributed by atoms with E-state index in [-0.39, 0.29) is 24.0 Å².